The minimum absolute atomic E-state index is 0.320. The second-order valence-corrected chi connectivity index (χ2v) is 4.57. The lowest BCUT2D eigenvalue weighted by molar-refractivity contribution is 0.446. The quantitative estimate of drug-likeness (QED) is 0.722. The van der Waals surface area contributed by atoms with Gasteiger partial charge >= 0.3 is 0 Å². The highest BCUT2D eigenvalue weighted by atomic mass is 15.3. The molecule has 0 aliphatic heterocycles. The summed E-state index contributed by atoms with van der Waals surface area (Å²) in [5.41, 5.74) is 1.73. The van der Waals surface area contributed by atoms with Gasteiger partial charge in [-0.2, -0.15) is 5.10 Å². The van der Waals surface area contributed by atoms with Crippen molar-refractivity contribution in [1.82, 2.24) is 30.0 Å². The molecule has 2 N–H and O–H groups in total. The van der Waals surface area contributed by atoms with E-state index in [1.807, 2.05) is 29.1 Å². The first-order valence-electron chi connectivity index (χ1n) is 6.32. The Morgan fingerprint density at radius 2 is 2.32 bits per heavy atom. The van der Waals surface area contributed by atoms with Crippen molar-refractivity contribution >= 4 is 11.2 Å². The van der Waals surface area contributed by atoms with Crippen LogP contribution in [0.25, 0.3) is 11.2 Å². The maximum atomic E-state index is 4.43. The van der Waals surface area contributed by atoms with E-state index in [1.165, 1.54) is 0 Å². The van der Waals surface area contributed by atoms with Crippen LogP contribution in [0, 0.1) is 0 Å². The zero-order valence-electron chi connectivity index (χ0n) is 10.7. The largest absolute Gasteiger partial charge is 0.340 e. The van der Waals surface area contributed by atoms with Crippen LogP contribution in [0.3, 0.4) is 0 Å². The third-order valence-corrected chi connectivity index (χ3v) is 2.94. The summed E-state index contributed by atoms with van der Waals surface area (Å²) >= 11 is 0. The molecular weight excluding hydrogens is 240 g/mol. The maximum absolute atomic E-state index is 4.43. The van der Waals surface area contributed by atoms with Gasteiger partial charge in [-0.05, 0) is 25.1 Å². The lowest BCUT2D eigenvalue weighted by Crippen LogP contribution is -2.30. The Bertz CT molecular complexity index is 609. The van der Waals surface area contributed by atoms with Gasteiger partial charge in [-0.3, -0.25) is 4.68 Å². The van der Waals surface area contributed by atoms with Crippen molar-refractivity contribution in [3.63, 3.8) is 0 Å². The molecule has 6 heteroatoms. The Labute approximate surface area is 110 Å². The molecule has 0 amide bonds. The molecule has 0 aliphatic rings. The number of rotatable bonds is 5. The van der Waals surface area contributed by atoms with Crippen LogP contribution in [0.2, 0.25) is 0 Å². The van der Waals surface area contributed by atoms with E-state index in [-0.39, 0.29) is 0 Å². The number of hydrogen-bond donors (Lipinski definition) is 2. The van der Waals surface area contributed by atoms with E-state index < -0.39 is 0 Å². The minimum Gasteiger partial charge on any atom is -0.340 e. The molecule has 3 heterocycles. The van der Waals surface area contributed by atoms with Gasteiger partial charge in [0.2, 0.25) is 0 Å². The van der Waals surface area contributed by atoms with Crippen molar-refractivity contribution < 1.29 is 0 Å². The second-order valence-electron chi connectivity index (χ2n) is 4.57. The Morgan fingerprint density at radius 1 is 1.37 bits per heavy atom. The van der Waals surface area contributed by atoms with Crippen LogP contribution < -0.4 is 5.32 Å². The molecule has 0 fully saturated rings. The third-order valence-electron chi connectivity index (χ3n) is 2.94. The first-order chi connectivity index (χ1) is 9.31. The Morgan fingerprint density at radius 3 is 3.11 bits per heavy atom. The van der Waals surface area contributed by atoms with Gasteiger partial charge in [0.05, 0.1) is 18.6 Å². The molecule has 19 heavy (non-hydrogen) atoms. The Hall–Kier alpha value is -2.21. The molecule has 3 aromatic heterocycles. The van der Waals surface area contributed by atoms with Crippen LogP contribution in [-0.4, -0.2) is 30.8 Å². The first kappa shape index (κ1) is 11.9. The van der Waals surface area contributed by atoms with E-state index >= 15 is 0 Å². The Kier molecular flexibility index (Phi) is 3.24. The molecule has 0 aromatic carbocycles. The summed E-state index contributed by atoms with van der Waals surface area (Å²) in [6, 6.07) is 6.13. The van der Waals surface area contributed by atoms with Crippen LogP contribution in [0.15, 0.2) is 36.8 Å². The molecule has 0 radical (unpaired) electrons. The normalized spacial score (nSPS) is 12.9. The second kappa shape index (κ2) is 5.19. The molecule has 3 aromatic rings. The highest BCUT2D eigenvalue weighted by Crippen LogP contribution is 2.07. The van der Waals surface area contributed by atoms with E-state index in [0.29, 0.717) is 12.6 Å². The number of aromatic amines is 1. The van der Waals surface area contributed by atoms with Gasteiger partial charge in [0, 0.05) is 24.6 Å². The number of nitrogens with zero attached hydrogens (tertiary/aromatic N) is 4. The molecule has 1 unspecified atom stereocenters. The highest BCUT2D eigenvalue weighted by molar-refractivity contribution is 5.69. The van der Waals surface area contributed by atoms with Crippen LogP contribution >= 0.6 is 0 Å². The molecular formula is C13H16N6. The fourth-order valence-corrected chi connectivity index (χ4v) is 2.00. The number of H-pyrrole nitrogens is 1. The van der Waals surface area contributed by atoms with Crippen molar-refractivity contribution in [2.75, 3.05) is 0 Å². The molecule has 0 spiro atoms. The summed E-state index contributed by atoms with van der Waals surface area (Å²) in [5.74, 6) is 0.904. The number of aromatic nitrogens is 5. The summed E-state index contributed by atoms with van der Waals surface area (Å²) < 4.78 is 1.91. The van der Waals surface area contributed by atoms with E-state index in [9.17, 15) is 0 Å². The number of imidazole rings is 1. The summed E-state index contributed by atoms with van der Waals surface area (Å²) in [6.45, 7) is 3.66. The van der Waals surface area contributed by atoms with Crippen molar-refractivity contribution in [2.45, 2.75) is 26.1 Å². The molecule has 0 bridgehead atoms. The van der Waals surface area contributed by atoms with E-state index in [0.717, 1.165) is 23.5 Å². The van der Waals surface area contributed by atoms with Crippen LogP contribution in [-0.2, 0) is 13.1 Å². The lowest BCUT2D eigenvalue weighted by Gasteiger charge is -2.12. The van der Waals surface area contributed by atoms with Gasteiger partial charge in [-0.25, -0.2) is 9.97 Å². The van der Waals surface area contributed by atoms with Crippen molar-refractivity contribution in [1.29, 1.82) is 0 Å². The van der Waals surface area contributed by atoms with Crippen LogP contribution in [0.5, 0.6) is 0 Å². The van der Waals surface area contributed by atoms with E-state index in [1.54, 1.807) is 12.4 Å². The monoisotopic (exact) mass is 256 g/mol. The average Bonchev–Trinajstić information content (AvgIpc) is 3.04. The molecule has 0 aliphatic carbocycles. The van der Waals surface area contributed by atoms with Gasteiger partial charge in [0.25, 0.3) is 0 Å². The zero-order valence-corrected chi connectivity index (χ0v) is 10.7. The van der Waals surface area contributed by atoms with Crippen molar-refractivity contribution in [3.05, 3.63) is 42.6 Å². The summed E-state index contributed by atoms with van der Waals surface area (Å²) in [7, 11) is 0. The number of fused-ring (bicyclic) bond motifs is 1. The summed E-state index contributed by atoms with van der Waals surface area (Å²) in [5, 5.41) is 7.60. The zero-order chi connectivity index (χ0) is 13.1. The van der Waals surface area contributed by atoms with Crippen molar-refractivity contribution in [3.8, 4) is 0 Å². The fraction of sp³-hybridized carbons (Fsp3) is 0.308. The molecule has 1 atom stereocenters. The lowest BCUT2D eigenvalue weighted by atomic mass is 10.3. The van der Waals surface area contributed by atoms with Gasteiger partial charge in [-0.1, -0.05) is 0 Å². The SMILES string of the molecule is CC(Cn1cccn1)NCc1nc2ncccc2[nH]1. The van der Waals surface area contributed by atoms with Crippen LogP contribution in [0.1, 0.15) is 12.7 Å². The summed E-state index contributed by atoms with van der Waals surface area (Å²) in [4.78, 5) is 11.9. The molecule has 6 nitrogen and oxygen atoms in total. The minimum atomic E-state index is 0.320. The Balaban J connectivity index is 1.59. The molecule has 0 saturated heterocycles. The fourth-order valence-electron chi connectivity index (χ4n) is 2.00. The standard InChI is InChI=1S/C13H16N6/c1-10(9-19-7-3-6-16-19)15-8-12-17-11-4-2-5-14-13(11)18-12/h2-7,10,15H,8-9H2,1H3,(H,14,17,18). The first-order valence-corrected chi connectivity index (χ1v) is 6.32. The maximum Gasteiger partial charge on any atom is 0.177 e. The van der Waals surface area contributed by atoms with Gasteiger partial charge in [0.1, 0.15) is 5.82 Å². The third kappa shape index (κ3) is 2.79. The number of hydrogen-bond acceptors (Lipinski definition) is 4. The predicted molar refractivity (Wildman–Crippen MR) is 72.4 cm³/mol. The number of pyridine rings is 1. The van der Waals surface area contributed by atoms with Crippen molar-refractivity contribution in [2.24, 2.45) is 0 Å². The predicted octanol–water partition coefficient (Wildman–Crippen LogP) is 1.33. The van der Waals surface area contributed by atoms with Gasteiger partial charge in [0.15, 0.2) is 5.65 Å². The number of nitrogens with one attached hydrogen (secondary N) is 2. The molecule has 98 valence electrons. The topological polar surface area (TPSA) is 71.4 Å². The van der Waals surface area contributed by atoms with Crippen LogP contribution in [0.4, 0.5) is 0 Å². The van der Waals surface area contributed by atoms with E-state index in [2.05, 4.69) is 32.3 Å². The summed E-state index contributed by atoms with van der Waals surface area (Å²) in [6.07, 6.45) is 5.50. The van der Waals surface area contributed by atoms with Gasteiger partial charge < -0.3 is 10.3 Å². The molecule has 0 saturated carbocycles. The van der Waals surface area contributed by atoms with Gasteiger partial charge in [-0.15, -0.1) is 0 Å². The molecule has 3 rings (SSSR count). The smallest absolute Gasteiger partial charge is 0.177 e. The highest BCUT2D eigenvalue weighted by Gasteiger charge is 2.06. The average molecular weight is 256 g/mol. The van der Waals surface area contributed by atoms with E-state index in [4.69, 9.17) is 0 Å².